The third-order valence-electron chi connectivity index (χ3n) is 3.71. The number of carbonyl (C=O) groups excluding carboxylic acids is 1. The molecule has 0 saturated heterocycles. The molecule has 0 bridgehead atoms. The summed E-state index contributed by atoms with van der Waals surface area (Å²) in [6.45, 7) is 0.552. The Balaban J connectivity index is 1.78. The second kappa shape index (κ2) is 8.21. The van der Waals surface area contributed by atoms with Crippen LogP contribution in [0.2, 0.25) is 10.0 Å². The summed E-state index contributed by atoms with van der Waals surface area (Å²) in [6.07, 6.45) is 1.62. The molecule has 128 valence electrons. The fourth-order valence-corrected chi connectivity index (χ4v) is 3.09. The Hall–Kier alpha value is -2.27. The number of nitrogens with one attached hydrogen (secondary N) is 1. The van der Waals surface area contributed by atoms with Crippen molar-refractivity contribution in [2.75, 3.05) is 5.32 Å². The van der Waals surface area contributed by atoms with Crippen LogP contribution in [0.1, 0.15) is 17.4 Å². The van der Waals surface area contributed by atoms with Gasteiger partial charge in [0, 0.05) is 21.3 Å². The first-order chi connectivity index (χ1) is 12.1. The molecule has 0 spiro atoms. The topological polar surface area (TPSA) is 58.9 Å². The zero-order chi connectivity index (χ0) is 17.6. The molecule has 4 nitrogen and oxygen atoms in total. The van der Waals surface area contributed by atoms with Crippen LogP contribution in [0, 0.1) is 0 Å². The standard InChI is InChI=1S/C19H16Cl2N2O2/c20-14-9-15(21)11-16(10-14)23-19(24)18(13-5-2-1-3-6-13)22-12-17-7-4-8-25-17/h1-11,18,22H,12H2,(H,23,24)/p+1/t18-/m1/s1. The number of rotatable bonds is 6. The van der Waals surface area contributed by atoms with Crippen LogP contribution < -0.4 is 10.6 Å². The Labute approximate surface area is 155 Å². The molecule has 6 heteroatoms. The number of halogens is 2. The van der Waals surface area contributed by atoms with Gasteiger partial charge in [0.05, 0.1) is 6.26 Å². The first-order valence-electron chi connectivity index (χ1n) is 7.79. The summed E-state index contributed by atoms with van der Waals surface area (Å²) in [5.74, 6) is 0.649. The van der Waals surface area contributed by atoms with Gasteiger partial charge in [0.2, 0.25) is 0 Å². The maximum Gasteiger partial charge on any atom is 0.287 e. The van der Waals surface area contributed by atoms with Gasteiger partial charge in [0.1, 0.15) is 6.54 Å². The molecule has 1 aromatic heterocycles. The van der Waals surface area contributed by atoms with Crippen LogP contribution in [-0.4, -0.2) is 5.91 Å². The summed E-state index contributed by atoms with van der Waals surface area (Å²) >= 11 is 12.0. The Kier molecular flexibility index (Phi) is 5.76. The Morgan fingerprint density at radius 1 is 1.04 bits per heavy atom. The smallest absolute Gasteiger partial charge is 0.287 e. The molecule has 0 aliphatic carbocycles. The van der Waals surface area contributed by atoms with Crippen molar-refractivity contribution in [3.8, 4) is 0 Å². The number of furan rings is 1. The summed E-state index contributed by atoms with van der Waals surface area (Å²) in [7, 11) is 0. The summed E-state index contributed by atoms with van der Waals surface area (Å²) < 4.78 is 5.35. The lowest BCUT2D eigenvalue weighted by molar-refractivity contribution is -0.699. The minimum absolute atomic E-state index is 0.156. The van der Waals surface area contributed by atoms with Gasteiger partial charge in [0.25, 0.3) is 5.91 Å². The minimum atomic E-state index is -0.427. The van der Waals surface area contributed by atoms with Crippen molar-refractivity contribution in [3.63, 3.8) is 0 Å². The number of hydrogen-bond donors (Lipinski definition) is 2. The average Bonchev–Trinajstić information content (AvgIpc) is 3.08. The van der Waals surface area contributed by atoms with Gasteiger partial charge >= 0.3 is 0 Å². The van der Waals surface area contributed by atoms with Crippen LogP contribution in [0.25, 0.3) is 0 Å². The van der Waals surface area contributed by atoms with Gasteiger partial charge in [-0.2, -0.15) is 0 Å². The van der Waals surface area contributed by atoms with Gasteiger partial charge in [0.15, 0.2) is 11.8 Å². The lowest BCUT2D eigenvalue weighted by Gasteiger charge is -2.16. The third kappa shape index (κ3) is 4.86. The van der Waals surface area contributed by atoms with Crippen molar-refractivity contribution < 1.29 is 14.5 Å². The van der Waals surface area contributed by atoms with E-state index in [1.165, 1.54) is 0 Å². The molecule has 1 amide bonds. The van der Waals surface area contributed by atoms with E-state index in [1.54, 1.807) is 24.5 Å². The van der Waals surface area contributed by atoms with Crippen LogP contribution in [0.3, 0.4) is 0 Å². The van der Waals surface area contributed by atoms with E-state index < -0.39 is 6.04 Å². The number of hydrogen-bond acceptors (Lipinski definition) is 2. The second-order valence-corrected chi connectivity index (χ2v) is 6.43. The highest BCUT2D eigenvalue weighted by atomic mass is 35.5. The van der Waals surface area contributed by atoms with Crippen molar-refractivity contribution in [3.05, 3.63) is 88.3 Å². The Morgan fingerprint density at radius 2 is 1.76 bits per heavy atom. The van der Waals surface area contributed by atoms with E-state index in [0.29, 0.717) is 22.3 Å². The first-order valence-corrected chi connectivity index (χ1v) is 8.55. The van der Waals surface area contributed by atoms with Crippen LogP contribution in [-0.2, 0) is 11.3 Å². The molecule has 1 atom stereocenters. The van der Waals surface area contributed by atoms with Crippen LogP contribution in [0.15, 0.2) is 71.3 Å². The number of nitrogens with two attached hydrogens (primary N) is 1. The van der Waals surface area contributed by atoms with Gasteiger partial charge < -0.3 is 15.1 Å². The molecule has 3 rings (SSSR count). The Bertz CT molecular complexity index is 816. The van der Waals surface area contributed by atoms with E-state index in [0.717, 1.165) is 11.3 Å². The fourth-order valence-electron chi connectivity index (χ4n) is 2.56. The average molecular weight is 376 g/mol. The van der Waals surface area contributed by atoms with E-state index >= 15 is 0 Å². The summed E-state index contributed by atoms with van der Waals surface area (Å²) in [5, 5.41) is 5.75. The zero-order valence-corrected chi connectivity index (χ0v) is 14.8. The molecule has 0 unspecified atom stereocenters. The molecular formula is C19H17Cl2N2O2+. The summed E-state index contributed by atoms with van der Waals surface area (Å²) in [6, 6.07) is 17.8. The molecule has 0 aliphatic heterocycles. The van der Waals surface area contributed by atoms with Crippen LogP contribution >= 0.6 is 23.2 Å². The summed E-state index contributed by atoms with van der Waals surface area (Å²) in [4.78, 5) is 12.8. The SMILES string of the molecule is O=C(Nc1cc(Cl)cc(Cl)c1)[C@H]([NH2+]Cc1ccco1)c1ccccc1. The van der Waals surface area contributed by atoms with Gasteiger partial charge in [-0.3, -0.25) is 4.79 Å². The maximum absolute atomic E-state index is 12.8. The van der Waals surface area contributed by atoms with Gasteiger partial charge in [-0.05, 0) is 30.3 Å². The Morgan fingerprint density at radius 3 is 2.40 bits per heavy atom. The van der Waals surface area contributed by atoms with E-state index in [9.17, 15) is 4.79 Å². The van der Waals surface area contributed by atoms with Gasteiger partial charge in [-0.25, -0.2) is 0 Å². The highest BCUT2D eigenvalue weighted by Crippen LogP contribution is 2.23. The van der Waals surface area contributed by atoms with E-state index in [-0.39, 0.29) is 5.91 Å². The van der Waals surface area contributed by atoms with Crippen molar-refractivity contribution in [1.82, 2.24) is 0 Å². The number of quaternary nitrogens is 1. The molecule has 0 aliphatic rings. The molecule has 0 fully saturated rings. The minimum Gasteiger partial charge on any atom is -0.463 e. The molecule has 0 radical (unpaired) electrons. The van der Waals surface area contributed by atoms with Crippen molar-refractivity contribution >= 4 is 34.8 Å². The monoisotopic (exact) mass is 375 g/mol. The lowest BCUT2D eigenvalue weighted by atomic mass is 10.1. The highest BCUT2D eigenvalue weighted by molar-refractivity contribution is 6.35. The highest BCUT2D eigenvalue weighted by Gasteiger charge is 2.24. The number of benzene rings is 2. The third-order valence-corrected chi connectivity index (χ3v) is 4.14. The summed E-state index contributed by atoms with van der Waals surface area (Å²) in [5.41, 5.74) is 1.47. The van der Waals surface area contributed by atoms with E-state index in [1.807, 2.05) is 47.8 Å². The first kappa shape index (κ1) is 17.5. The molecule has 25 heavy (non-hydrogen) atoms. The molecule has 0 saturated carbocycles. The van der Waals surface area contributed by atoms with E-state index in [2.05, 4.69) is 5.32 Å². The maximum atomic E-state index is 12.8. The zero-order valence-electron chi connectivity index (χ0n) is 13.3. The number of carbonyl (C=O) groups is 1. The number of anilines is 1. The fraction of sp³-hybridized carbons (Fsp3) is 0.105. The largest absolute Gasteiger partial charge is 0.463 e. The molecular weight excluding hydrogens is 359 g/mol. The lowest BCUT2D eigenvalue weighted by Crippen LogP contribution is -2.85. The van der Waals surface area contributed by atoms with Crippen molar-refractivity contribution in [2.24, 2.45) is 0 Å². The van der Waals surface area contributed by atoms with Crippen LogP contribution in [0.4, 0.5) is 5.69 Å². The van der Waals surface area contributed by atoms with Gasteiger partial charge in [-0.15, -0.1) is 0 Å². The normalized spacial score (nSPS) is 11.9. The van der Waals surface area contributed by atoms with Crippen LogP contribution in [0.5, 0.6) is 0 Å². The van der Waals surface area contributed by atoms with Gasteiger partial charge in [-0.1, -0.05) is 53.5 Å². The molecule has 3 aromatic rings. The molecule has 1 heterocycles. The number of amides is 1. The predicted molar refractivity (Wildman–Crippen MR) is 98.6 cm³/mol. The predicted octanol–water partition coefficient (Wildman–Crippen LogP) is 4.03. The van der Waals surface area contributed by atoms with Crippen molar-refractivity contribution in [1.29, 1.82) is 0 Å². The van der Waals surface area contributed by atoms with E-state index in [4.69, 9.17) is 27.6 Å². The second-order valence-electron chi connectivity index (χ2n) is 5.55. The molecule has 2 aromatic carbocycles. The van der Waals surface area contributed by atoms with Crippen molar-refractivity contribution in [2.45, 2.75) is 12.6 Å². The quantitative estimate of drug-likeness (QED) is 0.683. The molecule has 3 N–H and O–H groups in total.